The summed E-state index contributed by atoms with van der Waals surface area (Å²) in [5.41, 5.74) is 1.98. The molecule has 0 fully saturated rings. The Balaban J connectivity index is 2.05. The number of rotatable bonds is 6. The van der Waals surface area contributed by atoms with Crippen LogP contribution in [0.3, 0.4) is 0 Å². The van der Waals surface area contributed by atoms with E-state index < -0.39 is 5.97 Å². The molecule has 124 valence electrons. The fourth-order valence-electron chi connectivity index (χ4n) is 2.11. The van der Waals surface area contributed by atoms with Gasteiger partial charge in [-0.1, -0.05) is 24.9 Å². The second kappa shape index (κ2) is 8.32. The third-order valence-electron chi connectivity index (χ3n) is 3.42. The van der Waals surface area contributed by atoms with E-state index in [0.29, 0.717) is 22.0 Å². The molecular weight excluding hydrogens is 326 g/mol. The van der Waals surface area contributed by atoms with Crippen LogP contribution in [0.15, 0.2) is 30.3 Å². The van der Waals surface area contributed by atoms with Crippen LogP contribution < -0.4 is 4.74 Å². The van der Waals surface area contributed by atoms with Gasteiger partial charge in [-0.2, -0.15) is 10.4 Å². The molecule has 0 radical (unpaired) electrons. The Kier molecular flexibility index (Phi) is 6.16. The van der Waals surface area contributed by atoms with Gasteiger partial charge in [0.1, 0.15) is 10.9 Å². The number of esters is 1. The zero-order valence-corrected chi connectivity index (χ0v) is 14.4. The van der Waals surface area contributed by atoms with Crippen LogP contribution in [-0.2, 0) is 11.3 Å². The minimum Gasteiger partial charge on any atom is -0.423 e. The lowest BCUT2D eigenvalue weighted by Crippen LogP contribution is -2.03. The molecule has 0 aliphatic carbocycles. The molecule has 1 heterocycles. The molecule has 1 aromatic heterocycles. The quantitative estimate of drug-likeness (QED) is 0.449. The van der Waals surface area contributed by atoms with Gasteiger partial charge in [0, 0.05) is 18.2 Å². The Labute approximate surface area is 146 Å². The highest BCUT2D eigenvalue weighted by Gasteiger charge is 2.11. The number of halogens is 1. The van der Waals surface area contributed by atoms with Gasteiger partial charge in [-0.15, -0.1) is 0 Å². The first kappa shape index (κ1) is 17.8. The molecule has 5 nitrogen and oxygen atoms in total. The zero-order chi connectivity index (χ0) is 17.5. The zero-order valence-electron chi connectivity index (χ0n) is 13.6. The maximum Gasteiger partial charge on any atom is 0.336 e. The van der Waals surface area contributed by atoms with Crippen molar-refractivity contribution in [2.75, 3.05) is 0 Å². The Morgan fingerprint density at radius 2 is 2.12 bits per heavy atom. The molecular formula is C18H18ClN3O2. The Morgan fingerprint density at radius 3 is 2.75 bits per heavy atom. The first-order chi connectivity index (χ1) is 11.5. The molecule has 0 aliphatic heterocycles. The summed E-state index contributed by atoms with van der Waals surface area (Å²) in [5.74, 6) is -0.137. The first-order valence-electron chi connectivity index (χ1n) is 7.68. The van der Waals surface area contributed by atoms with Crippen LogP contribution in [-0.4, -0.2) is 15.7 Å². The van der Waals surface area contributed by atoms with E-state index in [-0.39, 0.29) is 0 Å². The third kappa shape index (κ3) is 4.46. The summed E-state index contributed by atoms with van der Waals surface area (Å²) in [4.78, 5) is 11.9. The van der Waals surface area contributed by atoms with Crippen molar-refractivity contribution in [2.24, 2.45) is 0 Å². The van der Waals surface area contributed by atoms with E-state index in [9.17, 15) is 4.79 Å². The van der Waals surface area contributed by atoms with Gasteiger partial charge in [-0.25, -0.2) is 4.79 Å². The van der Waals surface area contributed by atoms with Gasteiger partial charge < -0.3 is 4.74 Å². The van der Waals surface area contributed by atoms with E-state index >= 15 is 0 Å². The van der Waals surface area contributed by atoms with Crippen molar-refractivity contribution in [2.45, 2.75) is 33.2 Å². The van der Waals surface area contributed by atoms with Gasteiger partial charge in [0.2, 0.25) is 0 Å². The number of carbonyl (C=O) groups excluding carboxylic acids is 1. The molecule has 0 bridgehead atoms. The highest BCUT2D eigenvalue weighted by Crippen LogP contribution is 2.22. The second-order valence-corrected chi connectivity index (χ2v) is 5.62. The number of unbranched alkanes of at least 4 members (excludes halogenated alkanes) is 1. The van der Waals surface area contributed by atoms with Crippen LogP contribution in [0.1, 0.15) is 36.6 Å². The number of hydrogen-bond donors (Lipinski definition) is 0. The molecule has 0 N–H and O–H groups in total. The molecule has 2 rings (SSSR count). The number of aromatic nitrogens is 2. The maximum atomic E-state index is 11.9. The van der Waals surface area contributed by atoms with Crippen LogP contribution in [0.2, 0.25) is 5.15 Å². The van der Waals surface area contributed by atoms with E-state index in [4.69, 9.17) is 21.6 Å². The summed E-state index contributed by atoms with van der Waals surface area (Å²) in [6, 6.07) is 8.33. The number of nitrogens with zero attached hydrogens (tertiary/aromatic N) is 3. The average molecular weight is 344 g/mol. The summed E-state index contributed by atoms with van der Waals surface area (Å²) < 4.78 is 6.92. The molecule has 0 aliphatic rings. The number of benzene rings is 1. The maximum absolute atomic E-state index is 11.9. The molecule has 24 heavy (non-hydrogen) atoms. The number of aryl methyl sites for hydroxylation is 2. The van der Waals surface area contributed by atoms with E-state index in [1.807, 2.05) is 13.0 Å². The van der Waals surface area contributed by atoms with Crippen LogP contribution in [0.4, 0.5) is 0 Å². The van der Waals surface area contributed by atoms with Gasteiger partial charge in [-0.3, -0.25) is 4.68 Å². The molecule has 0 saturated carbocycles. The van der Waals surface area contributed by atoms with Crippen molar-refractivity contribution in [3.63, 3.8) is 0 Å². The highest BCUT2D eigenvalue weighted by atomic mass is 35.5. The molecule has 0 amide bonds. The van der Waals surface area contributed by atoms with E-state index in [0.717, 1.165) is 25.1 Å². The molecule has 6 heteroatoms. The Bertz CT molecular complexity index is 786. The first-order valence-corrected chi connectivity index (χ1v) is 8.06. The normalized spacial score (nSPS) is 10.8. The lowest BCUT2D eigenvalue weighted by molar-refractivity contribution is -0.128. The molecule has 0 unspecified atom stereocenters. The van der Waals surface area contributed by atoms with E-state index in [2.05, 4.69) is 12.0 Å². The monoisotopic (exact) mass is 343 g/mol. The standard InChI is InChI=1S/C18H18ClN3O2/c1-3-4-11-22-18(19)16(13(2)21-22)9-10-17(23)24-15-7-5-14(12-20)6-8-15/h5-10H,3-4,11H2,1-2H3/b10-9+. The van der Waals surface area contributed by atoms with Crippen molar-refractivity contribution in [1.29, 1.82) is 5.26 Å². The number of carbonyl (C=O) groups is 1. The van der Waals surface area contributed by atoms with Crippen molar-refractivity contribution < 1.29 is 9.53 Å². The predicted octanol–water partition coefficient (Wildman–Crippen LogP) is 4.14. The molecule has 1 aromatic carbocycles. The summed E-state index contributed by atoms with van der Waals surface area (Å²) >= 11 is 6.31. The largest absolute Gasteiger partial charge is 0.423 e. The Morgan fingerprint density at radius 1 is 1.42 bits per heavy atom. The minimum absolute atomic E-state index is 0.380. The third-order valence-corrected chi connectivity index (χ3v) is 3.82. The van der Waals surface area contributed by atoms with Gasteiger partial charge in [0.05, 0.1) is 17.3 Å². The molecule has 0 atom stereocenters. The van der Waals surface area contributed by atoms with E-state index in [1.54, 1.807) is 35.0 Å². The van der Waals surface area contributed by atoms with Crippen molar-refractivity contribution >= 4 is 23.6 Å². The smallest absolute Gasteiger partial charge is 0.336 e. The summed E-state index contributed by atoms with van der Waals surface area (Å²) in [7, 11) is 0. The van der Waals surface area contributed by atoms with Crippen LogP contribution in [0.25, 0.3) is 6.08 Å². The van der Waals surface area contributed by atoms with Crippen LogP contribution in [0.5, 0.6) is 5.75 Å². The van der Waals surface area contributed by atoms with Gasteiger partial charge in [0.15, 0.2) is 0 Å². The van der Waals surface area contributed by atoms with Crippen molar-refractivity contribution in [3.05, 3.63) is 52.3 Å². The topological polar surface area (TPSA) is 67.9 Å². The van der Waals surface area contributed by atoms with Gasteiger partial charge >= 0.3 is 5.97 Å². The highest BCUT2D eigenvalue weighted by molar-refractivity contribution is 6.31. The second-order valence-electron chi connectivity index (χ2n) is 5.26. The fourth-order valence-corrected chi connectivity index (χ4v) is 2.43. The number of ether oxygens (including phenoxy) is 1. The predicted molar refractivity (Wildman–Crippen MR) is 92.7 cm³/mol. The Hall–Kier alpha value is -2.58. The average Bonchev–Trinajstić information content (AvgIpc) is 2.85. The van der Waals surface area contributed by atoms with Gasteiger partial charge in [-0.05, 0) is 43.7 Å². The van der Waals surface area contributed by atoms with Crippen molar-refractivity contribution in [3.8, 4) is 11.8 Å². The van der Waals surface area contributed by atoms with Crippen LogP contribution in [0, 0.1) is 18.3 Å². The molecule has 0 saturated heterocycles. The fraction of sp³-hybridized carbons (Fsp3) is 0.278. The van der Waals surface area contributed by atoms with Crippen LogP contribution >= 0.6 is 11.6 Å². The summed E-state index contributed by atoms with van der Waals surface area (Å²) in [6.45, 7) is 4.70. The molecule has 0 spiro atoms. The van der Waals surface area contributed by atoms with Gasteiger partial charge in [0.25, 0.3) is 0 Å². The van der Waals surface area contributed by atoms with E-state index in [1.165, 1.54) is 6.08 Å². The molecule has 2 aromatic rings. The summed E-state index contributed by atoms with van der Waals surface area (Å²) in [5, 5.41) is 13.6. The minimum atomic E-state index is -0.517. The lowest BCUT2D eigenvalue weighted by atomic mass is 10.2. The lowest BCUT2D eigenvalue weighted by Gasteiger charge is -2.01. The SMILES string of the molecule is CCCCn1nc(C)c(/C=C/C(=O)Oc2ccc(C#N)cc2)c1Cl. The number of nitriles is 1. The van der Waals surface area contributed by atoms with Crippen molar-refractivity contribution in [1.82, 2.24) is 9.78 Å². The number of hydrogen-bond acceptors (Lipinski definition) is 4. The summed E-state index contributed by atoms with van der Waals surface area (Å²) in [6.07, 6.45) is 4.97.